The summed E-state index contributed by atoms with van der Waals surface area (Å²) in [5, 5.41) is 33.5. The van der Waals surface area contributed by atoms with Crippen LogP contribution in [0.1, 0.15) is 50.8 Å². The van der Waals surface area contributed by atoms with Gasteiger partial charge in [-0.15, -0.1) is 11.3 Å². The predicted octanol–water partition coefficient (Wildman–Crippen LogP) is 4.41. The van der Waals surface area contributed by atoms with Crippen LogP contribution in [0.15, 0.2) is 71.0 Å². The van der Waals surface area contributed by atoms with Gasteiger partial charge in [-0.2, -0.15) is 23.9 Å². The second-order valence-electron chi connectivity index (χ2n) is 11.5. The van der Waals surface area contributed by atoms with E-state index in [0.717, 1.165) is 35.9 Å². The molecule has 2 heterocycles. The number of aromatic nitrogens is 1. The average molecular weight is 759 g/mol. The lowest BCUT2D eigenvalue weighted by molar-refractivity contribution is -0.225. The zero-order valence-electron chi connectivity index (χ0n) is 27.0. The number of alkyl halides is 3. The number of hydrazine groups is 1. The van der Waals surface area contributed by atoms with E-state index in [-0.39, 0.29) is 51.5 Å². The first-order valence-electron chi connectivity index (χ1n) is 15.4. The quantitative estimate of drug-likeness (QED) is 0.0730. The molecule has 0 spiro atoms. The predicted molar refractivity (Wildman–Crippen MR) is 176 cm³/mol. The van der Waals surface area contributed by atoms with Crippen LogP contribution in [0.2, 0.25) is 0 Å². The molecule has 0 saturated carbocycles. The minimum atomic E-state index is -5.58. The minimum Gasteiger partial charge on any atom is -0.478 e. The molecule has 276 valence electrons. The van der Waals surface area contributed by atoms with Crippen LogP contribution in [0.3, 0.4) is 0 Å². The zero-order valence-corrected chi connectivity index (χ0v) is 27.8. The molecule has 0 fully saturated rings. The lowest BCUT2D eigenvalue weighted by Crippen LogP contribution is -2.59. The number of rotatable bonds is 13. The summed E-state index contributed by atoms with van der Waals surface area (Å²) in [5.41, 5.74) is 6.87. The fraction of sp³-hybridized carbons (Fsp3) is 0.235. The van der Waals surface area contributed by atoms with E-state index in [0.29, 0.717) is 6.07 Å². The number of esters is 2. The molecule has 0 aliphatic carbocycles. The summed E-state index contributed by atoms with van der Waals surface area (Å²) in [6.45, 7) is -0.483. The highest BCUT2D eigenvalue weighted by atomic mass is 32.1. The Morgan fingerprint density at radius 3 is 2.49 bits per heavy atom. The van der Waals surface area contributed by atoms with Crippen LogP contribution in [0, 0.1) is 23.0 Å². The number of hydrogen-bond acceptors (Lipinski definition) is 13. The lowest BCUT2D eigenvalue weighted by Gasteiger charge is -2.43. The number of nitriles is 1. The SMILES string of the molecule is N#Cc1ccccc1-c1csc(C(C2(OC(=O)C(F)(F)F)N=CNN2)[C@](O)(CCCc2ccc(OC(=O)CN)cc2C(=O)O)c2ccc(F)cc2F)n1. The summed E-state index contributed by atoms with van der Waals surface area (Å²) < 4.78 is 81.1. The number of carbonyl (C=O) groups is 3. The van der Waals surface area contributed by atoms with E-state index in [1.165, 1.54) is 29.6 Å². The van der Waals surface area contributed by atoms with Crippen LogP contribution in [0.4, 0.5) is 22.0 Å². The Bertz CT molecular complexity index is 2120. The first-order chi connectivity index (χ1) is 25.1. The standard InChI is InChI=1S/C34H27F5N6O7S/c35-20-8-10-24(25(36)12-20)32(50,11-3-5-18-7-9-21(51-27(46)15-41)13-23(18)30(47)48)28(34(42-17-43-45-34)52-31(49)33(37,38)39)29-44-26(16-53-29)22-6-2-1-4-19(22)14-40/h1-2,4,6-10,12-13,16-17,28,45,50H,3,5,11,15,41H2,(H,42,43)(H,47,48)/t28?,32-,34?/m0/s1. The number of aliphatic hydroxyl groups is 1. The van der Waals surface area contributed by atoms with Gasteiger partial charge in [0.25, 0.3) is 5.85 Å². The molecule has 4 aromatic rings. The van der Waals surface area contributed by atoms with Gasteiger partial charge in [0.15, 0.2) is 0 Å². The molecule has 53 heavy (non-hydrogen) atoms. The molecular formula is C34H27F5N6O7S. The van der Waals surface area contributed by atoms with E-state index in [1.807, 2.05) is 6.07 Å². The summed E-state index contributed by atoms with van der Waals surface area (Å²) in [7, 11) is 0. The Morgan fingerprint density at radius 2 is 1.85 bits per heavy atom. The van der Waals surface area contributed by atoms with Crippen LogP contribution >= 0.6 is 11.3 Å². The largest absolute Gasteiger partial charge is 0.491 e. The van der Waals surface area contributed by atoms with Crippen molar-refractivity contribution in [1.82, 2.24) is 15.8 Å². The number of thiazole rings is 1. The van der Waals surface area contributed by atoms with Gasteiger partial charge in [-0.1, -0.05) is 30.3 Å². The maximum atomic E-state index is 15.8. The molecule has 3 atom stereocenters. The third kappa shape index (κ3) is 8.15. The van der Waals surface area contributed by atoms with Gasteiger partial charge in [0.2, 0.25) is 0 Å². The first kappa shape index (κ1) is 38.4. The number of aliphatic imine (C=N–C) groups is 1. The van der Waals surface area contributed by atoms with E-state index >= 15 is 4.39 Å². The molecule has 2 unspecified atom stereocenters. The Hall–Kier alpha value is -5.81. The number of nitrogens with two attached hydrogens (primary N) is 1. The van der Waals surface area contributed by atoms with Crippen molar-refractivity contribution >= 4 is 35.6 Å². The van der Waals surface area contributed by atoms with Crippen LogP contribution < -0.4 is 21.3 Å². The molecule has 0 bridgehead atoms. The van der Waals surface area contributed by atoms with Gasteiger partial charge >= 0.3 is 24.1 Å². The second kappa shape index (κ2) is 15.4. The van der Waals surface area contributed by atoms with Gasteiger partial charge in [-0.3, -0.25) is 4.79 Å². The monoisotopic (exact) mass is 758 g/mol. The number of nitrogens with zero attached hydrogens (tertiary/aromatic N) is 3. The third-order valence-corrected chi connectivity index (χ3v) is 9.03. The Labute approximate surface area is 300 Å². The number of ether oxygens (including phenoxy) is 2. The molecule has 5 rings (SSSR count). The molecule has 19 heteroatoms. The number of carbonyl (C=O) groups excluding carboxylic acids is 2. The fourth-order valence-electron chi connectivity index (χ4n) is 5.83. The van der Waals surface area contributed by atoms with Crippen LogP contribution in [-0.2, 0) is 26.3 Å². The molecule has 1 aliphatic heterocycles. The van der Waals surface area contributed by atoms with Crippen LogP contribution in [0.25, 0.3) is 11.3 Å². The van der Waals surface area contributed by atoms with Crippen molar-refractivity contribution in [2.45, 2.75) is 42.8 Å². The number of nitrogens with one attached hydrogen (secondary N) is 2. The third-order valence-electron chi connectivity index (χ3n) is 8.12. The van der Waals surface area contributed by atoms with Gasteiger partial charge in [0.1, 0.15) is 40.2 Å². The van der Waals surface area contributed by atoms with Crippen LogP contribution in [-0.4, -0.2) is 58.0 Å². The Balaban J connectivity index is 1.66. The maximum absolute atomic E-state index is 15.8. The maximum Gasteiger partial charge on any atom is 0.491 e. The molecule has 3 aromatic carbocycles. The summed E-state index contributed by atoms with van der Waals surface area (Å²) >= 11 is 0.747. The lowest BCUT2D eigenvalue weighted by atomic mass is 9.74. The number of carboxylic acids is 1. The molecule has 6 N–H and O–H groups in total. The molecule has 0 radical (unpaired) electrons. The zero-order chi connectivity index (χ0) is 38.6. The van der Waals surface area contributed by atoms with Gasteiger partial charge in [0, 0.05) is 22.6 Å². The van der Waals surface area contributed by atoms with Crippen molar-refractivity contribution < 1.29 is 56.0 Å². The highest BCUT2D eigenvalue weighted by Gasteiger charge is 2.60. The average Bonchev–Trinajstić information content (AvgIpc) is 3.79. The van der Waals surface area contributed by atoms with Crippen molar-refractivity contribution in [3.63, 3.8) is 0 Å². The number of hydrogen-bond donors (Lipinski definition) is 5. The number of aryl methyl sites for hydroxylation is 1. The fourth-order valence-corrected chi connectivity index (χ4v) is 6.88. The van der Waals surface area contributed by atoms with E-state index in [2.05, 4.69) is 20.8 Å². The van der Waals surface area contributed by atoms with Crippen LogP contribution in [0.5, 0.6) is 5.75 Å². The second-order valence-corrected chi connectivity index (χ2v) is 12.4. The topological polar surface area (TPSA) is 209 Å². The molecule has 13 nitrogen and oxygen atoms in total. The molecule has 0 saturated heterocycles. The summed E-state index contributed by atoms with van der Waals surface area (Å²) in [4.78, 5) is 44.7. The number of benzene rings is 3. The first-order valence-corrected chi connectivity index (χ1v) is 16.3. The van der Waals surface area contributed by atoms with Crippen molar-refractivity contribution in [3.05, 3.63) is 105 Å². The van der Waals surface area contributed by atoms with Crippen molar-refractivity contribution in [2.24, 2.45) is 10.7 Å². The van der Waals surface area contributed by atoms with E-state index in [4.69, 9.17) is 15.2 Å². The summed E-state index contributed by atoms with van der Waals surface area (Å²) in [5.74, 6) is -12.5. The van der Waals surface area contributed by atoms with Crippen molar-refractivity contribution in [1.29, 1.82) is 5.26 Å². The van der Waals surface area contributed by atoms with Gasteiger partial charge in [0.05, 0.1) is 29.4 Å². The molecule has 1 aliphatic rings. The van der Waals surface area contributed by atoms with E-state index < -0.39 is 71.6 Å². The summed E-state index contributed by atoms with van der Waals surface area (Å²) in [6.07, 6.45) is -5.77. The van der Waals surface area contributed by atoms with Gasteiger partial charge in [-0.25, -0.2) is 28.3 Å². The number of aromatic carboxylic acids is 1. The molecule has 0 amide bonds. The van der Waals surface area contributed by atoms with Crippen molar-refractivity contribution in [3.8, 4) is 23.1 Å². The minimum absolute atomic E-state index is 0.114. The van der Waals surface area contributed by atoms with Gasteiger partial charge in [-0.05, 0) is 49.1 Å². The van der Waals surface area contributed by atoms with Crippen molar-refractivity contribution in [2.75, 3.05) is 6.54 Å². The van der Waals surface area contributed by atoms with E-state index in [1.54, 1.807) is 12.1 Å². The summed E-state index contributed by atoms with van der Waals surface area (Å²) in [6, 6.07) is 13.9. The highest BCUT2D eigenvalue weighted by Crippen LogP contribution is 2.51. The highest BCUT2D eigenvalue weighted by molar-refractivity contribution is 7.10. The number of halogens is 5. The normalized spacial score (nSPS) is 16.9. The molecule has 1 aromatic heterocycles. The smallest absolute Gasteiger partial charge is 0.478 e. The Kier molecular flexibility index (Phi) is 11.2. The van der Waals surface area contributed by atoms with E-state index in [9.17, 15) is 47.4 Å². The van der Waals surface area contributed by atoms with Gasteiger partial charge < -0.3 is 30.8 Å². The number of carboxylic acid groups (broad SMARTS) is 1. The molecular weight excluding hydrogens is 731 g/mol. The Morgan fingerprint density at radius 1 is 1.09 bits per heavy atom.